The fourth-order valence-corrected chi connectivity index (χ4v) is 4.94. The van der Waals surface area contributed by atoms with Crippen LogP contribution in [-0.4, -0.2) is 34.3 Å². The minimum Gasteiger partial charge on any atom is -0.375 e. The van der Waals surface area contributed by atoms with Gasteiger partial charge in [-0.15, -0.1) is 0 Å². The number of nitrogens with one attached hydrogen (secondary N) is 2. The zero-order chi connectivity index (χ0) is 23.5. The van der Waals surface area contributed by atoms with Gasteiger partial charge in [0.15, 0.2) is 5.11 Å². The van der Waals surface area contributed by atoms with E-state index in [0.717, 1.165) is 17.9 Å². The summed E-state index contributed by atoms with van der Waals surface area (Å²) in [5.41, 5.74) is 6.26. The number of carbonyl (C=O) groups is 1. The van der Waals surface area contributed by atoms with E-state index in [1.165, 1.54) is 24.1 Å². The van der Waals surface area contributed by atoms with Crippen molar-refractivity contribution in [1.29, 1.82) is 0 Å². The van der Waals surface area contributed by atoms with Crippen LogP contribution in [0.3, 0.4) is 0 Å². The second kappa shape index (κ2) is 9.72. The summed E-state index contributed by atoms with van der Waals surface area (Å²) in [7, 11) is 1.50. The van der Waals surface area contributed by atoms with Crippen molar-refractivity contribution >= 4 is 34.6 Å². The molecule has 0 radical (unpaired) electrons. The molecule has 3 aromatic rings. The number of anilines is 2. The Kier molecular flexibility index (Phi) is 6.76. The maximum Gasteiger partial charge on any atom is 0.250 e. The summed E-state index contributed by atoms with van der Waals surface area (Å²) in [6, 6.07) is 15.8. The summed E-state index contributed by atoms with van der Waals surface area (Å²) in [5.74, 6) is -0.191. The summed E-state index contributed by atoms with van der Waals surface area (Å²) < 4.78 is 7.21. The van der Waals surface area contributed by atoms with Gasteiger partial charge in [-0.2, -0.15) is 0 Å². The molecule has 1 aliphatic heterocycles. The summed E-state index contributed by atoms with van der Waals surface area (Å²) in [6.07, 6.45) is 1.81. The molecule has 1 saturated heterocycles. The summed E-state index contributed by atoms with van der Waals surface area (Å²) in [6.45, 7) is 7.38. The number of hydrogen-bond acceptors (Lipinski definition) is 4. The van der Waals surface area contributed by atoms with Crippen molar-refractivity contribution in [2.24, 2.45) is 0 Å². The molecule has 0 unspecified atom stereocenters. The Morgan fingerprint density at radius 2 is 1.97 bits per heavy atom. The standard InChI is InChI=1S/C25H29N5O2S/c1-5-29-16(2)14-20(17(29)3)24-23(21-8-6-7-13-26-21)28-25(33)30(24)19-11-9-18(10-12-19)27-22(31)15-32-4/h6-14,23-24H,5,15H2,1-4H3,(H,27,31)(H,28,33)/t23-,24-/m0/s1. The lowest BCUT2D eigenvalue weighted by atomic mass is 9.96. The van der Waals surface area contributed by atoms with Gasteiger partial charge >= 0.3 is 0 Å². The summed E-state index contributed by atoms with van der Waals surface area (Å²) in [5, 5.41) is 6.98. The number of ether oxygens (including phenoxy) is 1. The molecular weight excluding hydrogens is 434 g/mol. The second-order valence-electron chi connectivity index (χ2n) is 8.10. The normalized spacial score (nSPS) is 17.8. The molecule has 3 heterocycles. The first kappa shape index (κ1) is 22.9. The van der Waals surface area contributed by atoms with Crippen LogP contribution < -0.4 is 15.5 Å². The fraction of sp³-hybridized carbons (Fsp3) is 0.320. The van der Waals surface area contributed by atoms with E-state index in [2.05, 4.69) is 51.9 Å². The number of methoxy groups -OCH3 is 1. The van der Waals surface area contributed by atoms with E-state index in [1.807, 2.05) is 48.7 Å². The largest absolute Gasteiger partial charge is 0.375 e. The van der Waals surface area contributed by atoms with Crippen molar-refractivity contribution in [3.63, 3.8) is 0 Å². The molecule has 1 amide bonds. The predicted molar refractivity (Wildman–Crippen MR) is 134 cm³/mol. The number of nitrogens with zero attached hydrogens (tertiary/aromatic N) is 3. The van der Waals surface area contributed by atoms with Crippen LogP contribution in [-0.2, 0) is 16.1 Å². The molecule has 1 aromatic carbocycles. The third-order valence-corrected chi connectivity index (χ3v) is 6.36. The van der Waals surface area contributed by atoms with Crippen LogP contribution in [0.1, 0.15) is 41.7 Å². The SMILES string of the molecule is CCn1c(C)cc([C@H]2[C@H](c3ccccn3)NC(=S)N2c2ccc(NC(=O)COC)cc2)c1C. The van der Waals surface area contributed by atoms with E-state index in [1.54, 1.807) is 0 Å². The van der Waals surface area contributed by atoms with Gasteiger partial charge < -0.3 is 24.8 Å². The van der Waals surface area contributed by atoms with Gasteiger partial charge in [0.1, 0.15) is 6.61 Å². The highest BCUT2D eigenvalue weighted by Gasteiger charge is 2.42. The molecule has 2 N–H and O–H groups in total. The van der Waals surface area contributed by atoms with Crippen LogP contribution in [0, 0.1) is 13.8 Å². The fourth-order valence-electron chi connectivity index (χ4n) is 4.60. The van der Waals surface area contributed by atoms with Gasteiger partial charge in [0, 0.05) is 42.6 Å². The highest BCUT2D eigenvalue weighted by atomic mass is 32.1. The summed E-state index contributed by atoms with van der Waals surface area (Å²) in [4.78, 5) is 18.6. The first-order valence-corrected chi connectivity index (χ1v) is 11.4. The van der Waals surface area contributed by atoms with Crippen LogP contribution in [0.5, 0.6) is 0 Å². The van der Waals surface area contributed by atoms with E-state index in [0.29, 0.717) is 10.8 Å². The third kappa shape index (κ3) is 4.49. The van der Waals surface area contributed by atoms with E-state index in [-0.39, 0.29) is 24.6 Å². The summed E-state index contributed by atoms with van der Waals surface area (Å²) >= 11 is 5.82. The molecule has 2 atom stereocenters. The zero-order valence-corrected chi connectivity index (χ0v) is 20.1. The number of rotatable bonds is 7. The Hall–Kier alpha value is -3.23. The number of benzene rings is 1. The molecule has 0 bridgehead atoms. The molecule has 2 aromatic heterocycles. The lowest BCUT2D eigenvalue weighted by molar-refractivity contribution is -0.119. The molecule has 7 nitrogen and oxygen atoms in total. The number of amides is 1. The molecule has 8 heteroatoms. The van der Waals surface area contributed by atoms with Crippen molar-refractivity contribution in [2.75, 3.05) is 23.9 Å². The molecule has 1 fully saturated rings. The Morgan fingerprint density at radius 3 is 2.58 bits per heavy atom. The Bertz CT molecular complexity index is 1140. The third-order valence-electron chi connectivity index (χ3n) is 6.05. The number of hydrogen-bond donors (Lipinski definition) is 2. The Labute approximate surface area is 199 Å². The first-order chi connectivity index (χ1) is 15.9. The highest BCUT2D eigenvalue weighted by molar-refractivity contribution is 7.80. The van der Waals surface area contributed by atoms with Gasteiger partial charge in [-0.3, -0.25) is 9.78 Å². The van der Waals surface area contributed by atoms with Crippen LogP contribution in [0.15, 0.2) is 54.7 Å². The predicted octanol–water partition coefficient (Wildman–Crippen LogP) is 4.28. The van der Waals surface area contributed by atoms with Crippen LogP contribution >= 0.6 is 12.2 Å². The number of thiocarbonyl (C=S) groups is 1. The monoisotopic (exact) mass is 463 g/mol. The van der Waals surface area contributed by atoms with Crippen molar-refractivity contribution in [3.8, 4) is 0 Å². The van der Waals surface area contributed by atoms with Crippen LogP contribution in [0.25, 0.3) is 0 Å². The maximum atomic E-state index is 11.9. The molecule has 4 rings (SSSR count). The van der Waals surface area contributed by atoms with Gasteiger partial charge in [-0.25, -0.2) is 0 Å². The minimum atomic E-state index is -0.191. The molecule has 0 aliphatic carbocycles. The maximum absolute atomic E-state index is 11.9. The topological polar surface area (TPSA) is 71.4 Å². The Morgan fingerprint density at radius 1 is 1.21 bits per heavy atom. The average Bonchev–Trinajstić information content (AvgIpc) is 3.30. The van der Waals surface area contributed by atoms with Gasteiger partial charge in [0.05, 0.1) is 17.8 Å². The van der Waals surface area contributed by atoms with Gasteiger partial charge in [0.2, 0.25) is 5.91 Å². The molecule has 0 spiro atoms. The molecular formula is C25H29N5O2S. The van der Waals surface area contributed by atoms with Crippen molar-refractivity contribution < 1.29 is 9.53 Å². The van der Waals surface area contributed by atoms with E-state index in [4.69, 9.17) is 17.0 Å². The smallest absolute Gasteiger partial charge is 0.250 e. The quantitative estimate of drug-likeness (QED) is 0.510. The minimum absolute atomic E-state index is 0.0166. The molecule has 0 saturated carbocycles. The molecule has 1 aliphatic rings. The lowest BCUT2D eigenvalue weighted by Gasteiger charge is -2.28. The van der Waals surface area contributed by atoms with Gasteiger partial charge in [-0.1, -0.05) is 6.07 Å². The van der Waals surface area contributed by atoms with Crippen molar-refractivity contribution in [1.82, 2.24) is 14.9 Å². The van der Waals surface area contributed by atoms with Gasteiger partial charge in [0.25, 0.3) is 0 Å². The van der Waals surface area contributed by atoms with Gasteiger partial charge in [-0.05, 0) is 81.0 Å². The average molecular weight is 464 g/mol. The number of carbonyl (C=O) groups excluding carboxylic acids is 1. The van der Waals surface area contributed by atoms with E-state index in [9.17, 15) is 4.79 Å². The molecule has 33 heavy (non-hydrogen) atoms. The lowest BCUT2D eigenvalue weighted by Crippen LogP contribution is -2.29. The Balaban J connectivity index is 1.74. The van der Waals surface area contributed by atoms with Crippen LogP contribution in [0.4, 0.5) is 11.4 Å². The number of pyridine rings is 1. The number of aryl methyl sites for hydroxylation is 1. The van der Waals surface area contributed by atoms with E-state index >= 15 is 0 Å². The highest BCUT2D eigenvalue weighted by Crippen LogP contribution is 2.43. The van der Waals surface area contributed by atoms with E-state index < -0.39 is 0 Å². The number of aromatic nitrogens is 2. The zero-order valence-electron chi connectivity index (χ0n) is 19.3. The first-order valence-electron chi connectivity index (χ1n) is 11.0. The van der Waals surface area contributed by atoms with Crippen LogP contribution in [0.2, 0.25) is 0 Å². The van der Waals surface area contributed by atoms with Crippen molar-refractivity contribution in [3.05, 3.63) is 77.4 Å². The second-order valence-corrected chi connectivity index (χ2v) is 8.48. The molecule has 172 valence electrons. The van der Waals surface area contributed by atoms with Crippen molar-refractivity contribution in [2.45, 2.75) is 39.4 Å².